The first-order valence-electron chi connectivity index (χ1n) is 11.1. The zero-order valence-corrected chi connectivity index (χ0v) is 26.1. The highest BCUT2D eigenvalue weighted by atomic mass is 28.5. The van der Waals surface area contributed by atoms with Crippen LogP contribution in [0.5, 0.6) is 0 Å². The topological polar surface area (TPSA) is 36.9 Å². The Morgan fingerprint density at radius 3 is 1.18 bits per heavy atom. The molecule has 0 saturated heterocycles. The Hall–Kier alpha value is 0.924. The van der Waals surface area contributed by atoms with Gasteiger partial charge in [0.2, 0.25) is 0 Å². The van der Waals surface area contributed by atoms with Crippen LogP contribution >= 0.6 is 0 Å². The van der Waals surface area contributed by atoms with Crippen LogP contribution < -0.4 is 0 Å². The van der Waals surface area contributed by atoms with Crippen molar-refractivity contribution in [1.82, 2.24) is 0 Å². The molecule has 0 radical (unpaired) electrons. The monoisotopic (exact) mass is 482 g/mol. The highest BCUT2D eigenvalue weighted by Crippen LogP contribution is 2.31. The molecule has 0 amide bonds. The van der Waals surface area contributed by atoms with E-state index in [-0.39, 0.29) is 0 Å². The summed E-state index contributed by atoms with van der Waals surface area (Å²) in [5.41, 5.74) is 0. The second-order valence-electron chi connectivity index (χ2n) is 11.4. The van der Waals surface area contributed by atoms with Crippen LogP contribution in [0.25, 0.3) is 0 Å². The van der Waals surface area contributed by atoms with Crippen LogP contribution in [-0.4, -0.2) is 48.7 Å². The molecule has 0 heterocycles. The van der Waals surface area contributed by atoms with E-state index >= 15 is 0 Å². The lowest BCUT2D eigenvalue weighted by Gasteiger charge is -2.43. The summed E-state index contributed by atoms with van der Waals surface area (Å²) in [4.78, 5) is 0. The second-order valence-corrected chi connectivity index (χ2v) is 32.7. The van der Waals surface area contributed by atoms with Crippen molar-refractivity contribution in [2.45, 2.75) is 117 Å². The third kappa shape index (κ3) is 15.7. The van der Waals surface area contributed by atoms with Crippen molar-refractivity contribution >= 4 is 42.1 Å². The van der Waals surface area contributed by atoms with Gasteiger partial charge in [0, 0.05) is 12.7 Å². The summed E-state index contributed by atoms with van der Waals surface area (Å²) < 4.78 is 26.2. The third-order valence-corrected chi connectivity index (χ3v) is 18.6. The van der Waals surface area contributed by atoms with Gasteiger partial charge in [-0.1, -0.05) is 19.3 Å². The Labute approximate surface area is 182 Å². The minimum atomic E-state index is -2.64. The Morgan fingerprint density at radius 2 is 0.857 bits per heavy atom. The van der Waals surface area contributed by atoms with Crippen LogP contribution in [0, 0.1) is 0 Å². The molecular formula is C19H50O4Si5. The highest BCUT2D eigenvalue weighted by molar-refractivity contribution is 6.90. The van der Waals surface area contributed by atoms with Crippen molar-refractivity contribution < 1.29 is 16.8 Å². The van der Waals surface area contributed by atoms with Crippen molar-refractivity contribution in [3.8, 4) is 0 Å². The predicted octanol–water partition coefficient (Wildman–Crippen LogP) is 7.28. The third-order valence-electron chi connectivity index (χ3n) is 3.93. The van der Waals surface area contributed by atoms with E-state index in [4.69, 9.17) is 16.8 Å². The first kappa shape index (κ1) is 28.9. The SMILES string of the molecule is CCO[Si](C)(C)CCCCCC[Si](O[Si](C)(C)C)(O[Si](C)(C)C)O[Si](C)(C)C. The second kappa shape index (κ2) is 11.5. The molecule has 9 heteroatoms. The maximum atomic E-state index is 6.76. The molecule has 0 bridgehead atoms. The molecule has 0 N–H and O–H groups in total. The number of hydrogen-bond acceptors (Lipinski definition) is 4. The molecule has 0 saturated carbocycles. The minimum Gasteiger partial charge on any atom is -0.418 e. The molecule has 0 aromatic heterocycles. The Balaban J connectivity index is 4.96. The van der Waals surface area contributed by atoms with Gasteiger partial charge in [0.15, 0.2) is 33.3 Å². The number of rotatable bonds is 15. The molecule has 0 aromatic carbocycles. The fraction of sp³-hybridized carbons (Fsp3) is 1.00. The molecule has 0 aromatic rings. The van der Waals surface area contributed by atoms with Gasteiger partial charge in [0.05, 0.1) is 0 Å². The first-order valence-corrected chi connectivity index (χ1v) is 26.4. The van der Waals surface area contributed by atoms with Crippen molar-refractivity contribution in [3.63, 3.8) is 0 Å². The van der Waals surface area contributed by atoms with Gasteiger partial charge in [0.1, 0.15) is 0 Å². The average molecular weight is 483 g/mol. The molecule has 0 aliphatic carbocycles. The quantitative estimate of drug-likeness (QED) is 0.181. The maximum Gasteiger partial charge on any atom is 0.469 e. The zero-order chi connectivity index (χ0) is 22.3. The van der Waals surface area contributed by atoms with Gasteiger partial charge in [-0.2, -0.15) is 0 Å². The van der Waals surface area contributed by atoms with Crippen molar-refractivity contribution in [2.75, 3.05) is 6.61 Å². The molecule has 28 heavy (non-hydrogen) atoms. The van der Waals surface area contributed by atoms with Crippen LogP contribution in [0.2, 0.25) is 84.1 Å². The lowest BCUT2D eigenvalue weighted by molar-refractivity contribution is 0.250. The summed E-state index contributed by atoms with van der Waals surface area (Å²) >= 11 is 0. The summed E-state index contributed by atoms with van der Waals surface area (Å²) in [6, 6.07) is 2.23. The van der Waals surface area contributed by atoms with Crippen LogP contribution in [0.15, 0.2) is 0 Å². The van der Waals surface area contributed by atoms with E-state index in [0.717, 1.165) is 19.1 Å². The van der Waals surface area contributed by atoms with Crippen LogP contribution in [0.4, 0.5) is 0 Å². The predicted molar refractivity (Wildman–Crippen MR) is 136 cm³/mol. The summed E-state index contributed by atoms with van der Waals surface area (Å²) in [6.45, 7) is 28.0. The van der Waals surface area contributed by atoms with Crippen molar-refractivity contribution in [3.05, 3.63) is 0 Å². The van der Waals surface area contributed by atoms with Gasteiger partial charge in [-0.3, -0.25) is 0 Å². The van der Waals surface area contributed by atoms with E-state index in [1.807, 2.05) is 0 Å². The highest BCUT2D eigenvalue weighted by Gasteiger charge is 2.49. The molecule has 0 unspecified atom stereocenters. The Bertz CT molecular complexity index is 398. The molecule has 0 fully saturated rings. The largest absolute Gasteiger partial charge is 0.469 e. The molecular weight excluding hydrogens is 433 g/mol. The van der Waals surface area contributed by atoms with E-state index in [0.29, 0.717) is 0 Å². The van der Waals surface area contributed by atoms with Crippen molar-refractivity contribution in [2.24, 2.45) is 0 Å². The van der Waals surface area contributed by atoms with E-state index in [9.17, 15) is 0 Å². The molecule has 0 atom stereocenters. The minimum absolute atomic E-state index is 0.851. The standard InChI is InChI=1S/C19H50O4Si5/c1-13-20-27(11,12)18-16-14-15-17-19-28(21-24(2,3)4,22-25(5,6)7)23-26(8,9)10/h13-19H2,1-12H3. The fourth-order valence-corrected chi connectivity index (χ4v) is 20.1. The molecule has 0 spiro atoms. The van der Waals surface area contributed by atoms with Gasteiger partial charge in [-0.15, -0.1) is 0 Å². The molecule has 170 valence electrons. The van der Waals surface area contributed by atoms with Gasteiger partial charge in [-0.25, -0.2) is 0 Å². The van der Waals surface area contributed by atoms with E-state index in [1.165, 1.54) is 25.3 Å². The maximum absolute atomic E-state index is 6.76. The molecule has 0 aliphatic heterocycles. The van der Waals surface area contributed by atoms with Gasteiger partial charge < -0.3 is 16.8 Å². The van der Waals surface area contributed by atoms with Gasteiger partial charge in [0.25, 0.3) is 0 Å². The van der Waals surface area contributed by atoms with Crippen LogP contribution in [0.3, 0.4) is 0 Å². The summed E-state index contributed by atoms with van der Waals surface area (Å²) in [5, 5.41) is 0. The van der Waals surface area contributed by atoms with E-state index in [1.54, 1.807) is 0 Å². The van der Waals surface area contributed by atoms with Gasteiger partial charge in [-0.05, 0) is 91.4 Å². The molecule has 4 nitrogen and oxygen atoms in total. The summed E-state index contributed by atoms with van der Waals surface area (Å²) in [5.74, 6) is 0. The number of unbranched alkanes of at least 4 members (excludes halogenated alkanes) is 3. The number of hydrogen-bond donors (Lipinski definition) is 0. The smallest absolute Gasteiger partial charge is 0.418 e. The van der Waals surface area contributed by atoms with Crippen molar-refractivity contribution in [1.29, 1.82) is 0 Å². The lowest BCUT2D eigenvalue weighted by Crippen LogP contribution is -2.60. The molecule has 0 aliphatic rings. The van der Waals surface area contributed by atoms with Crippen LogP contribution in [0.1, 0.15) is 32.6 Å². The normalized spacial score (nSPS) is 14.6. The van der Waals surface area contributed by atoms with Gasteiger partial charge >= 0.3 is 8.80 Å². The summed E-state index contributed by atoms with van der Waals surface area (Å²) in [7, 11) is -9.36. The lowest BCUT2D eigenvalue weighted by atomic mass is 10.2. The zero-order valence-electron chi connectivity index (χ0n) is 21.1. The van der Waals surface area contributed by atoms with E-state index in [2.05, 4.69) is 78.9 Å². The fourth-order valence-electron chi connectivity index (χ4n) is 3.32. The Kier molecular flexibility index (Phi) is 11.9. The Morgan fingerprint density at radius 1 is 0.500 bits per heavy atom. The first-order chi connectivity index (χ1) is 12.4. The average Bonchev–Trinajstić information content (AvgIpc) is 2.36. The summed E-state index contributed by atoms with van der Waals surface area (Å²) in [6.07, 6.45) is 4.90. The van der Waals surface area contributed by atoms with E-state index < -0.39 is 42.1 Å². The molecule has 0 rings (SSSR count). The van der Waals surface area contributed by atoms with Crippen LogP contribution in [-0.2, 0) is 16.8 Å².